The largest absolute Gasteiger partial charge is 0.492 e. The summed E-state index contributed by atoms with van der Waals surface area (Å²) in [5, 5.41) is 8.61. The van der Waals surface area contributed by atoms with Gasteiger partial charge >= 0.3 is 0 Å². The number of ether oxygens (including phenoxy) is 1. The highest BCUT2D eigenvalue weighted by Gasteiger charge is 2.17. The summed E-state index contributed by atoms with van der Waals surface area (Å²) in [7, 11) is 0. The number of nitrogens with zero attached hydrogens (tertiary/aromatic N) is 1. The molecule has 0 aromatic heterocycles. The fraction of sp³-hybridized carbons (Fsp3) is 0.200. The molecule has 1 aromatic carbocycles. The Morgan fingerprint density at radius 2 is 2.31 bits per heavy atom. The molecule has 0 radical (unpaired) electrons. The summed E-state index contributed by atoms with van der Waals surface area (Å²) in [4.78, 5) is 11.3. The van der Waals surface area contributed by atoms with Crippen molar-refractivity contribution in [2.24, 2.45) is 0 Å². The van der Waals surface area contributed by atoms with Crippen molar-refractivity contribution in [1.82, 2.24) is 0 Å². The number of hydrogen-bond donors (Lipinski definition) is 0. The van der Waals surface area contributed by atoms with Crippen LogP contribution < -0.4 is 4.74 Å². The molecular weight excluding hydrogens is 166 g/mol. The highest BCUT2D eigenvalue weighted by atomic mass is 16.5. The minimum Gasteiger partial charge on any atom is -0.492 e. The standard InChI is InChI=1S/C10H7NO2/c11-6-7-1-2-8-9(12)3-4-13-10(8)5-7/h1-2,5H,3-4H2. The maximum Gasteiger partial charge on any atom is 0.169 e. The normalized spacial score (nSPS) is 14.2. The molecule has 0 amide bonds. The summed E-state index contributed by atoms with van der Waals surface area (Å²) in [6, 6.07) is 6.88. The summed E-state index contributed by atoms with van der Waals surface area (Å²) < 4.78 is 5.26. The van der Waals surface area contributed by atoms with E-state index in [1.54, 1.807) is 18.2 Å². The monoisotopic (exact) mass is 173 g/mol. The third-order valence-corrected chi connectivity index (χ3v) is 2.00. The van der Waals surface area contributed by atoms with Crippen LogP contribution >= 0.6 is 0 Å². The Balaban J connectivity index is 2.53. The van der Waals surface area contributed by atoms with Crippen LogP contribution in [0.25, 0.3) is 0 Å². The molecule has 0 N–H and O–H groups in total. The Labute approximate surface area is 75.6 Å². The Kier molecular flexibility index (Phi) is 1.75. The molecule has 0 aliphatic carbocycles. The van der Waals surface area contributed by atoms with Crippen LogP contribution in [0.1, 0.15) is 22.3 Å². The van der Waals surface area contributed by atoms with Crippen LogP contribution in [0.2, 0.25) is 0 Å². The molecular formula is C10H7NO2. The number of nitriles is 1. The number of fused-ring (bicyclic) bond motifs is 1. The number of benzene rings is 1. The van der Waals surface area contributed by atoms with E-state index < -0.39 is 0 Å². The smallest absolute Gasteiger partial charge is 0.169 e. The van der Waals surface area contributed by atoms with Crippen LogP contribution in [-0.2, 0) is 0 Å². The fourth-order valence-corrected chi connectivity index (χ4v) is 1.33. The number of hydrogen-bond acceptors (Lipinski definition) is 3. The first kappa shape index (κ1) is 7.81. The summed E-state index contributed by atoms with van der Waals surface area (Å²) in [6.45, 7) is 0.417. The van der Waals surface area contributed by atoms with Gasteiger partial charge in [-0.1, -0.05) is 0 Å². The van der Waals surface area contributed by atoms with Gasteiger partial charge < -0.3 is 4.74 Å². The lowest BCUT2D eigenvalue weighted by atomic mass is 10.0. The van der Waals surface area contributed by atoms with Gasteiger partial charge in [0.05, 0.1) is 23.8 Å². The third kappa shape index (κ3) is 1.27. The van der Waals surface area contributed by atoms with Crippen molar-refractivity contribution in [2.45, 2.75) is 6.42 Å². The Morgan fingerprint density at radius 3 is 3.08 bits per heavy atom. The second-order valence-corrected chi connectivity index (χ2v) is 2.84. The zero-order valence-corrected chi connectivity index (χ0v) is 6.91. The fourth-order valence-electron chi connectivity index (χ4n) is 1.33. The molecule has 0 spiro atoms. The van der Waals surface area contributed by atoms with Crippen molar-refractivity contribution < 1.29 is 9.53 Å². The molecule has 64 valence electrons. The zero-order chi connectivity index (χ0) is 9.26. The molecule has 0 bridgehead atoms. The average Bonchev–Trinajstić information content (AvgIpc) is 2.18. The molecule has 1 aliphatic rings. The molecule has 3 heteroatoms. The second-order valence-electron chi connectivity index (χ2n) is 2.84. The van der Waals surface area contributed by atoms with Gasteiger partial charge in [0.1, 0.15) is 5.75 Å². The molecule has 13 heavy (non-hydrogen) atoms. The summed E-state index contributed by atoms with van der Waals surface area (Å²) in [6.07, 6.45) is 0.429. The van der Waals surface area contributed by atoms with Crippen LogP contribution in [0.15, 0.2) is 18.2 Å². The van der Waals surface area contributed by atoms with Crippen molar-refractivity contribution in [3.05, 3.63) is 29.3 Å². The van der Waals surface area contributed by atoms with E-state index in [9.17, 15) is 4.79 Å². The first-order valence-electron chi connectivity index (χ1n) is 4.01. The van der Waals surface area contributed by atoms with E-state index in [1.807, 2.05) is 6.07 Å². The van der Waals surface area contributed by atoms with Crippen molar-refractivity contribution >= 4 is 5.78 Å². The molecule has 0 saturated heterocycles. The Morgan fingerprint density at radius 1 is 1.46 bits per heavy atom. The molecule has 1 aromatic rings. The van der Waals surface area contributed by atoms with Crippen LogP contribution in [0.5, 0.6) is 5.75 Å². The van der Waals surface area contributed by atoms with Gasteiger partial charge in [-0.05, 0) is 18.2 Å². The van der Waals surface area contributed by atoms with Crippen molar-refractivity contribution in [3.8, 4) is 11.8 Å². The lowest BCUT2D eigenvalue weighted by molar-refractivity contribution is 0.0933. The number of Topliss-reactive ketones (excluding diaryl/α,β-unsaturated/α-hetero) is 1. The summed E-state index contributed by atoms with van der Waals surface area (Å²) >= 11 is 0. The highest BCUT2D eigenvalue weighted by Crippen LogP contribution is 2.25. The minimum atomic E-state index is 0.0886. The van der Waals surface area contributed by atoms with Gasteiger partial charge in [0, 0.05) is 6.42 Å². The van der Waals surface area contributed by atoms with Crippen molar-refractivity contribution in [1.29, 1.82) is 5.26 Å². The lowest BCUT2D eigenvalue weighted by Gasteiger charge is -2.15. The number of rotatable bonds is 0. The maximum atomic E-state index is 11.3. The predicted octanol–water partition coefficient (Wildman–Crippen LogP) is 1.52. The molecule has 0 saturated carbocycles. The first-order chi connectivity index (χ1) is 6.31. The number of ketones is 1. The predicted molar refractivity (Wildman–Crippen MR) is 45.6 cm³/mol. The molecule has 0 atom stereocenters. The van der Waals surface area contributed by atoms with E-state index in [0.29, 0.717) is 29.9 Å². The van der Waals surface area contributed by atoms with E-state index >= 15 is 0 Å². The van der Waals surface area contributed by atoms with Gasteiger partial charge in [-0.15, -0.1) is 0 Å². The van der Waals surface area contributed by atoms with E-state index in [2.05, 4.69) is 0 Å². The Bertz CT molecular complexity index is 404. The van der Waals surface area contributed by atoms with Gasteiger partial charge in [-0.3, -0.25) is 4.79 Å². The van der Waals surface area contributed by atoms with Crippen LogP contribution in [0.3, 0.4) is 0 Å². The third-order valence-electron chi connectivity index (χ3n) is 2.00. The molecule has 3 nitrogen and oxygen atoms in total. The summed E-state index contributed by atoms with van der Waals surface area (Å²) in [5.41, 5.74) is 1.11. The molecule has 1 heterocycles. The van der Waals surface area contributed by atoms with E-state index in [0.717, 1.165) is 0 Å². The van der Waals surface area contributed by atoms with Gasteiger partial charge in [0.25, 0.3) is 0 Å². The van der Waals surface area contributed by atoms with Gasteiger partial charge in [-0.2, -0.15) is 5.26 Å². The van der Waals surface area contributed by atoms with E-state index in [4.69, 9.17) is 10.00 Å². The Hall–Kier alpha value is -1.82. The number of carbonyl (C=O) groups is 1. The van der Waals surface area contributed by atoms with E-state index in [-0.39, 0.29) is 5.78 Å². The van der Waals surface area contributed by atoms with Crippen molar-refractivity contribution in [3.63, 3.8) is 0 Å². The molecule has 1 aliphatic heterocycles. The summed E-state index contributed by atoms with van der Waals surface area (Å²) in [5.74, 6) is 0.626. The van der Waals surface area contributed by atoms with Crippen LogP contribution in [-0.4, -0.2) is 12.4 Å². The maximum absolute atomic E-state index is 11.3. The number of carbonyl (C=O) groups excluding carboxylic acids is 1. The van der Waals surface area contributed by atoms with Gasteiger partial charge in [-0.25, -0.2) is 0 Å². The van der Waals surface area contributed by atoms with Crippen LogP contribution in [0, 0.1) is 11.3 Å². The quantitative estimate of drug-likeness (QED) is 0.597. The van der Waals surface area contributed by atoms with Gasteiger partial charge in [0.15, 0.2) is 5.78 Å². The topological polar surface area (TPSA) is 50.1 Å². The SMILES string of the molecule is N#Cc1ccc2c(c1)OCCC2=O. The molecule has 0 fully saturated rings. The molecule has 0 unspecified atom stereocenters. The lowest BCUT2D eigenvalue weighted by Crippen LogP contribution is -2.15. The minimum absolute atomic E-state index is 0.0886. The second kappa shape index (κ2) is 2.91. The van der Waals surface area contributed by atoms with Crippen molar-refractivity contribution in [2.75, 3.05) is 6.61 Å². The van der Waals surface area contributed by atoms with E-state index in [1.165, 1.54) is 0 Å². The molecule has 2 rings (SSSR count). The van der Waals surface area contributed by atoms with Crippen LogP contribution in [0.4, 0.5) is 0 Å². The van der Waals surface area contributed by atoms with Gasteiger partial charge in [0.2, 0.25) is 0 Å². The zero-order valence-electron chi connectivity index (χ0n) is 6.91. The highest BCUT2D eigenvalue weighted by molar-refractivity contribution is 5.99. The first-order valence-corrected chi connectivity index (χ1v) is 4.01. The average molecular weight is 173 g/mol.